The number of nitrogens with zero attached hydrogens (tertiary/aromatic N) is 1. The maximum absolute atomic E-state index is 10.1. The summed E-state index contributed by atoms with van der Waals surface area (Å²) in [7, 11) is 0. The van der Waals surface area contributed by atoms with E-state index in [1.54, 1.807) is 6.07 Å². The summed E-state index contributed by atoms with van der Waals surface area (Å²) in [5, 5.41) is 13.7. The Bertz CT molecular complexity index is 449. The zero-order valence-corrected chi connectivity index (χ0v) is 12.4. The van der Waals surface area contributed by atoms with Crippen molar-refractivity contribution in [3.63, 3.8) is 0 Å². The van der Waals surface area contributed by atoms with Gasteiger partial charge >= 0.3 is 0 Å². The van der Waals surface area contributed by atoms with Gasteiger partial charge in [-0.05, 0) is 57.2 Å². The molecule has 0 saturated carbocycles. The average molecular weight is 274 g/mol. The second kappa shape index (κ2) is 5.74. The molecule has 2 aliphatic heterocycles. The van der Waals surface area contributed by atoms with Gasteiger partial charge in [-0.2, -0.15) is 0 Å². The molecule has 0 amide bonds. The fourth-order valence-corrected chi connectivity index (χ4v) is 3.99. The number of hydrogen-bond donors (Lipinski definition) is 2. The van der Waals surface area contributed by atoms with Crippen LogP contribution in [-0.2, 0) is 0 Å². The van der Waals surface area contributed by atoms with E-state index in [1.807, 2.05) is 12.1 Å². The van der Waals surface area contributed by atoms with E-state index < -0.39 is 0 Å². The van der Waals surface area contributed by atoms with Gasteiger partial charge in [-0.1, -0.05) is 18.2 Å². The number of piperidine rings is 2. The van der Waals surface area contributed by atoms with Crippen molar-refractivity contribution < 1.29 is 5.11 Å². The van der Waals surface area contributed by atoms with E-state index >= 15 is 0 Å². The number of benzene rings is 1. The Morgan fingerprint density at radius 1 is 1.25 bits per heavy atom. The Balaban J connectivity index is 1.75. The van der Waals surface area contributed by atoms with Crippen LogP contribution in [0.3, 0.4) is 0 Å². The van der Waals surface area contributed by atoms with Crippen molar-refractivity contribution in [2.45, 2.75) is 38.6 Å². The van der Waals surface area contributed by atoms with Crippen LogP contribution in [-0.4, -0.2) is 36.2 Å². The van der Waals surface area contributed by atoms with Crippen LogP contribution < -0.4 is 5.32 Å². The van der Waals surface area contributed by atoms with Gasteiger partial charge in [0, 0.05) is 24.7 Å². The molecule has 3 rings (SSSR count). The molecule has 1 spiro atoms. The smallest absolute Gasteiger partial charge is 0.120 e. The predicted octanol–water partition coefficient (Wildman–Crippen LogP) is 2.92. The Morgan fingerprint density at radius 2 is 2.05 bits per heavy atom. The first-order valence-electron chi connectivity index (χ1n) is 7.93. The van der Waals surface area contributed by atoms with Gasteiger partial charge < -0.3 is 10.4 Å². The highest BCUT2D eigenvalue weighted by Gasteiger charge is 2.38. The van der Waals surface area contributed by atoms with Crippen LogP contribution in [0.5, 0.6) is 5.75 Å². The molecule has 1 aromatic carbocycles. The van der Waals surface area contributed by atoms with E-state index in [0.29, 0.717) is 17.2 Å². The predicted molar refractivity (Wildman–Crippen MR) is 81.9 cm³/mol. The third-order valence-electron chi connectivity index (χ3n) is 5.19. The van der Waals surface area contributed by atoms with Gasteiger partial charge in [0.25, 0.3) is 0 Å². The van der Waals surface area contributed by atoms with Crippen molar-refractivity contribution in [1.29, 1.82) is 0 Å². The molecule has 2 fully saturated rings. The van der Waals surface area contributed by atoms with Gasteiger partial charge in [0.2, 0.25) is 0 Å². The minimum absolute atomic E-state index is 0.301. The quantitative estimate of drug-likeness (QED) is 0.870. The zero-order valence-electron chi connectivity index (χ0n) is 12.4. The largest absolute Gasteiger partial charge is 0.508 e. The molecule has 0 aliphatic carbocycles. The molecule has 2 heterocycles. The van der Waals surface area contributed by atoms with Crippen molar-refractivity contribution in [2.75, 3.05) is 26.2 Å². The minimum Gasteiger partial charge on any atom is -0.508 e. The Labute approximate surface area is 122 Å². The summed E-state index contributed by atoms with van der Waals surface area (Å²) in [5.41, 5.74) is 1.53. The second-order valence-corrected chi connectivity index (χ2v) is 6.59. The average Bonchev–Trinajstić information content (AvgIpc) is 2.48. The summed E-state index contributed by atoms with van der Waals surface area (Å²) in [6.45, 7) is 6.88. The summed E-state index contributed by atoms with van der Waals surface area (Å²) in [6.07, 6.45) is 5.28. The highest BCUT2D eigenvalue weighted by atomic mass is 16.3. The SMILES string of the molecule is CC(c1ccccc1O)N1CCCC2(CCCNC2)C1. The normalized spacial score (nSPS) is 29.4. The van der Waals surface area contributed by atoms with Crippen molar-refractivity contribution in [3.05, 3.63) is 29.8 Å². The number of phenolic OH excluding ortho intramolecular Hbond substituents is 1. The number of aromatic hydroxyl groups is 1. The van der Waals surface area contributed by atoms with Crippen molar-refractivity contribution >= 4 is 0 Å². The van der Waals surface area contributed by atoms with E-state index in [2.05, 4.69) is 23.2 Å². The van der Waals surface area contributed by atoms with Crippen LogP contribution in [0.25, 0.3) is 0 Å². The Hall–Kier alpha value is -1.06. The first-order chi connectivity index (χ1) is 9.70. The Kier molecular flexibility index (Phi) is 3.99. The van der Waals surface area contributed by atoms with E-state index in [4.69, 9.17) is 0 Å². The third-order valence-corrected chi connectivity index (χ3v) is 5.19. The van der Waals surface area contributed by atoms with Crippen LogP contribution in [0.2, 0.25) is 0 Å². The van der Waals surface area contributed by atoms with E-state index in [-0.39, 0.29) is 0 Å². The second-order valence-electron chi connectivity index (χ2n) is 6.59. The monoisotopic (exact) mass is 274 g/mol. The summed E-state index contributed by atoms with van der Waals surface area (Å²) < 4.78 is 0. The van der Waals surface area contributed by atoms with Crippen LogP contribution in [0.4, 0.5) is 0 Å². The van der Waals surface area contributed by atoms with Crippen molar-refractivity contribution in [3.8, 4) is 5.75 Å². The molecule has 0 aromatic heterocycles. The van der Waals surface area contributed by atoms with Gasteiger partial charge in [-0.3, -0.25) is 4.90 Å². The topological polar surface area (TPSA) is 35.5 Å². The van der Waals surface area contributed by atoms with Gasteiger partial charge in [-0.25, -0.2) is 0 Å². The molecule has 3 heteroatoms. The summed E-state index contributed by atoms with van der Waals surface area (Å²) in [5.74, 6) is 0.432. The van der Waals surface area contributed by atoms with Crippen LogP contribution in [0.1, 0.15) is 44.2 Å². The Morgan fingerprint density at radius 3 is 2.80 bits per heavy atom. The summed E-state index contributed by atoms with van der Waals surface area (Å²) in [4.78, 5) is 2.56. The molecule has 2 saturated heterocycles. The fourth-order valence-electron chi connectivity index (χ4n) is 3.99. The molecular weight excluding hydrogens is 248 g/mol. The summed E-state index contributed by atoms with van der Waals surface area (Å²) in [6, 6.07) is 8.07. The lowest BCUT2D eigenvalue weighted by Gasteiger charge is -2.47. The van der Waals surface area contributed by atoms with Crippen molar-refractivity contribution in [1.82, 2.24) is 10.2 Å². The zero-order chi connectivity index (χ0) is 14.0. The molecule has 0 radical (unpaired) electrons. The third kappa shape index (κ3) is 2.70. The molecule has 1 aromatic rings. The molecule has 110 valence electrons. The van der Waals surface area contributed by atoms with E-state index in [0.717, 1.165) is 25.2 Å². The molecule has 2 N–H and O–H groups in total. The van der Waals surface area contributed by atoms with Gasteiger partial charge in [0.1, 0.15) is 5.75 Å². The fraction of sp³-hybridized carbons (Fsp3) is 0.647. The number of likely N-dealkylation sites (tertiary alicyclic amines) is 1. The molecular formula is C17H26N2O. The van der Waals surface area contributed by atoms with Gasteiger partial charge in [-0.15, -0.1) is 0 Å². The number of nitrogens with one attached hydrogen (secondary N) is 1. The molecule has 2 aliphatic rings. The van der Waals surface area contributed by atoms with Crippen LogP contribution >= 0.6 is 0 Å². The maximum Gasteiger partial charge on any atom is 0.120 e. The highest BCUT2D eigenvalue weighted by Crippen LogP contribution is 2.39. The lowest BCUT2D eigenvalue weighted by molar-refractivity contribution is 0.0410. The van der Waals surface area contributed by atoms with E-state index in [9.17, 15) is 5.11 Å². The molecule has 0 bridgehead atoms. The summed E-state index contributed by atoms with van der Waals surface area (Å²) >= 11 is 0. The molecule has 3 nitrogen and oxygen atoms in total. The first kappa shape index (κ1) is 13.9. The van der Waals surface area contributed by atoms with Crippen LogP contribution in [0.15, 0.2) is 24.3 Å². The van der Waals surface area contributed by atoms with Crippen molar-refractivity contribution in [2.24, 2.45) is 5.41 Å². The van der Waals surface area contributed by atoms with Gasteiger partial charge in [0.15, 0.2) is 0 Å². The number of para-hydroxylation sites is 1. The van der Waals surface area contributed by atoms with Gasteiger partial charge in [0.05, 0.1) is 0 Å². The lowest BCUT2D eigenvalue weighted by Crippen LogP contribution is -2.51. The highest BCUT2D eigenvalue weighted by molar-refractivity contribution is 5.34. The molecule has 20 heavy (non-hydrogen) atoms. The standard InChI is InChI=1S/C17H26N2O/c1-14(15-6-2-3-7-16(15)20)19-11-5-9-17(13-19)8-4-10-18-12-17/h2-3,6-7,14,18,20H,4-5,8-13H2,1H3. The van der Waals surface area contributed by atoms with Crippen LogP contribution in [0, 0.1) is 5.41 Å². The lowest BCUT2D eigenvalue weighted by atomic mass is 9.74. The minimum atomic E-state index is 0.301. The number of hydrogen-bond acceptors (Lipinski definition) is 3. The van der Waals surface area contributed by atoms with E-state index in [1.165, 1.54) is 32.2 Å². The molecule has 2 unspecified atom stereocenters. The number of rotatable bonds is 2. The molecule has 2 atom stereocenters. The first-order valence-corrected chi connectivity index (χ1v) is 7.93. The number of phenols is 1. The maximum atomic E-state index is 10.1.